The second-order valence-electron chi connectivity index (χ2n) is 6.47. The Morgan fingerprint density at radius 1 is 1.04 bits per heavy atom. The number of nitrogens with one attached hydrogen (secondary N) is 1. The number of amides is 1. The Morgan fingerprint density at radius 2 is 1.79 bits per heavy atom. The molecule has 4 rings (SSSR count). The van der Waals surface area contributed by atoms with Crippen LogP contribution in [0.25, 0.3) is 16.9 Å². The number of methoxy groups -OCH3 is 1. The number of rotatable bonds is 5. The summed E-state index contributed by atoms with van der Waals surface area (Å²) in [6, 6.07) is 21.1. The van der Waals surface area contributed by atoms with Crippen molar-refractivity contribution in [1.29, 1.82) is 0 Å². The third kappa shape index (κ3) is 3.34. The average molecular weight is 371 g/mol. The van der Waals surface area contributed by atoms with Gasteiger partial charge in [0.25, 0.3) is 5.91 Å². The lowest BCUT2D eigenvalue weighted by Crippen LogP contribution is -2.14. The summed E-state index contributed by atoms with van der Waals surface area (Å²) in [6.45, 7) is 2.09. The van der Waals surface area contributed by atoms with Crippen molar-refractivity contribution >= 4 is 17.4 Å². The van der Waals surface area contributed by atoms with E-state index in [4.69, 9.17) is 9.72 Å². The first-order valence-electron chi connectivity index (χ1n) is 9.21. The summed E-state index contributed by atoms with van der Waals surface area (Å²) < 4.78 is 7.13. The highest BCUT2D eigenvalue weighted by atomic mass is 16.5. The number of aromatic nitrogens is 2. The van der Waals surface area contributed by atoms with Gasteiger partial charge in [-0.3, -0.25) is 9.20 Å². The van der Waals surface area contributed by atoms with Crippen LogP contribution in [0.2, 0.25) is 0 Å². The van der Waals surface area contributed by atoms with Crippen LogP contribution in [0.5, 0.6) is 5.75 Å². The van der Waals surface area contributed by atoms with E-state index in [1.165, 1.54) is 5.56 Å². The third-order valence-electron chi connectivity index (χ3n) is 4.75. The molecule has 4 aromatic rings. The first kappa shape index (κ1) is 17.8. The van der Waals surface area contributed by atoms with E-state index in [1.54, 1.807) is 7.11 Å². The van der Waals surface area contributed by atoms with Crippen molar-refractivity contribution < 1.29 is 9.53 Å². The molecule has 2 aromatic heterocycles. The van der Waals surface area contributed by atoms with Gasteiger partial charge in [-0.1, -0.05) is 25.1 Å². The Hall–Kier alpha value is -3.60. The zero-order valence-corrected chi connectivity index (χ0v) is 15.8. The fourth-order valence-electron chi connectivity index (χ4n) is 3.14. The molecular weight excluding hydrogens is 350 g/mol. The molecule has 0 bridgehead atoms. The third-order valence-corrected chi connectivity index (χ3v) is 4.75. The normalized spacial score (nSPS) is 10.8. The zero-order valence-electron chi connectivity index (χ0n) is 15.8. The monoisotopic (exact) mass is 371 g/mol. The van der Waals surface area contributed by atoms with Gasteiger partial charge in [0.15, 0.2) is 0 Å². The maximum absolute atomic E-state index is 12.9. The first-order valence-corrected chi connectivity index (χ1v) is 9.21. The highest BCUT2D eigenvalue weighted by Gasteiger charge is 2.17. The van der Waals surface area contributed by atoms with E-state index in [1.807, 2.05) is 77.3 Å². The van der Waals surface area contributed by atoms with Crippen LogP contribution in [0.4, 0.5) is 5.82 Å². The van der Waals surface area contributed by atoms with Gasteiger partial charge in [0.05, 0.1) is 7.11 Å². The lowest BCUT2D eigenvalue weighted by atomic mass is 10.1. The summed E-state index contributed by atoms with van der Waals surface area (Å²) in [5, 5.41) is 3.04. The van der Waals surface area contributed by atoms with Crippen molar-refractivity contribution in [2.45, 2.75) is 13.3 Å². The number of aryl methyl sites for hydroxylation is 1. The number of ether oxygens (including phenoxy) is 1. The van der Waals surface area contributed by atoms with Gasteiger partial charge in [0.2, 0.25) is 0 Å². The second-order valence-corrected chi connectivity index (χ2v) is 6.47. The van der Waals surface area contributed by atoms with Crippen molar-refractivity contribution in [3.63, 3.8) is 0 Å². The van der Waals surface area contributed by atoms with Gasteiger partial charge in [-0.15, -0.1) is 0 Å². The van der Waals surface area contributed by atoms with Crippen LogP contribution in [0.1, 0.15) is 22.8 Å². The van der Waals surface area contributed by atoms with Gasteiger partial charge < -0.3 is 10.1 Å². The van der Waals surface area contributed by atoms with Crippen LogP contribution in [0, 0.1) is 0 Å². The highest BCUT2D eigenvalue weighted by molar-refractivity contribution is 6.05. The molecule has 0 saturated heterocycles. The van der Waals surface area contributed by atoms with Crippen molar-refractivity contribution in [3.05, 3.63) is 84.1 Å². The van der Waals surface area contributed by atoms with Crippen LogP contribution in [0.3, 0.4) is 0 Å². The Bertz CT molecular complexity index is 1110. The van der Waals surface area contributed by atoms with Gasteiger partial charge in [-0.25, -0.2) is 4.98 Å². The first-order chi connectivity index (χ1) is 13.7. The topological polar surface area (TPSA) is 55.6 Å². The van der Waals surface area contributed by atoms with E-state index in [9.17, 15) is 4.79 Å². The Balaban J connectivity index is 1.74. The van der Waals surface area contributed by atoms with E-state index < -0.39 is 0 Å². The highest BCUT2D eigenvalue weighted by Crippen LogP contribution is 2.30. The summed E-state index contributed by atoms with van der Waals surface area (Å²) in [5.74, 6) is 1.25. The fraction of sp³-hybridized carbons (Fsp3) is 0.130. The zero-order chi connectivity index (χ0) is 19.5. The number of imidazole rings is 1. The molecule has 0 aliphatic carbocycles. The summed E-state index contributed by atoms with van der Waals surface area (Å²) in [4.78, 5) is 17.6. The van der Waals surface area contributed by atoms with Crippen LogP contribution in [0.15, 0.2) is 72.9 Å². The van der Waals surface area contributed by atoms with E-state index >= 15 is 0 Å². The summed E-state index contributed by atoms with van der Waals surface area (Å²) in [5.41, 5.74) is 4.20. The minimum Gasteiger partial charge on any atom is -0.497 e. The Morgan fingerprint density at radius 3 is 2.46 bits per heavy atom. The summed E-state index contributed by atoms with van der Waals surface area (Å²) in [7, 11) is 1.63. The molecule has 0 spiro atoms. The maximum Gasteiger partial charge on any atom is 0.256 e. The van der Waals surface area contributed by atoms with E-state index in [-0.39, 0.29) is 5.91 Å². The van der Waals surface area contributed by atoms with Crippen LogP contribution >= 0.6 is 0 Å². The standard InChI is InChI=1S/C23H21N3O2/c1-3-16-7-9-18(10-8-16)23(27)25-22-21(17-11-13-19(28-2)14-12-17)24-20-6-4-5-15-26(20)22/h4-15H,3H2,1-2H3,(H,25,27). The van der Waals surface area contributed by atoms with Gasteiger partial charge in [-0.05, 0) is 60.5 Å². The quantitative estimate of drug-likeness (QED) is 0.547. The number of benzene rings is 2. The average Bonchev–Trinajstić information content (AvgIpc) is 3.12. The molecule has 0 radical (unpaired) electrons. The molecule has 5 heteroatoms. The number of hydrogen-bond donors (Lipinski definition) is 1. The van der Waals surface area contributed by atoms with Crippen LogP contribution in [-0.4, -0.2) is 22.4 Å². The minimum atomic E-state index is -0.164. The number of carbonyl (C=O) groups is 1. The predicted octanol–water partition coefficient (Wildman–Crippen LogP) is 4.82. The van der Waals surface area contributed by atoms with E-state index in [2.05, 4.69) is 12.2 Å². The largest absolute Gasteiger partial charge is 0.497 e. The maximum atomic E-state index is 12.9. The molecule has 0 aliphatic rings. The lowest BCUT2D eigenvalue weighted by Gasteiger charge is -2.09. The fourth-order valence-corrected chi connectivity index (χ4v) is 3.14. The number of nitrogens with zero attached hydrogens (tertiary/aromatic N) is 2. The molecule has 1 amide bonds. The van der Waals surface area contributed by atoms with Crippen molar-refractivity contribution in [3.8, 4) is 17.0 Å². The molecule has 28 heavy (non-hydrogen) atoms. The number of anilines is 1. The van der Waals surface area contributed by atoms with Crippen molar-refractivity contribution in [1.82, 2.24) is 9.38 Å². The molecule has 2 heterocycles. The van der Waals surface area contributed by atoms with Crippen LogP contribution in [-0.2, 0) is 6.42 Å². The van der Waals surface area contributed by atoms with Gasteiger partial charge in [0, 0.05) is 17.3 Å². The summed E-state index contributed by atoms with van der Waals surface area (Å²) >= 11 is 0. The Kier molecular flexibility index (Phi) is 4.81. The van der Waals surface area contributed by atoms with Gasteiger partial charge in [-0.2, -0.15) is 0 Å². The number of fused-ring (bicyclic) bond motifs is 1. The molecule has 1 N–H and O–H groups in total. The van der Waals surface area contributed by atoms with Crippen LogP contribution < -0.4 is 10.1 Å². The molecule has 140 valence electrons. The Labute approximate surface area is 163 Å². The number of carbonyl (C=O) groups excluding carboxylic acids is 1. The SMILES string of the molecule is CCc1ccc(C(=O)Nc2c(-c3ccc(OC)cc3)nc3ccccn23)cc1. The van der Waals surface area contributed by atoms with E-state index in [0.717, 1.165) is 23.4 Å². The molecule has 0 saturated carbocycles. The molecule has 0 unspecified atom stereocenters. The predicted molar refractivity (Wildman–Crippen MR) is 111 cm³/mol. The van der Waals surface area contributed by atoms with Crippen molar-refractivity contribution in [2.75, 3.05) is 12.4 Å². The molecule has 0 atom stereocenters. The number of pyridine rings is 1. The van der Waals surface area contributed by atoms with Crippen molar-refractivity contribution in [2.24, 2.45) is 0 Å². The lowest BCUT2D eigenvalue weighted by molar-refractivity contribution is 0.102. The van der Waals surface area contributed by atoms with Gasteiger partial charge in [0.1, 0.15) is 22.9 Å². The second kappa shape index (κ2) is 7.56. The molecule has 0 aliphatic heterocycles. The minimum absolute atomic E-state index is 0.164. The molecule has 0 fully saturated rings. The van der Waals surface area contributed by atoms with Gasteiger partial charge >= 0.3 is 0 Å². The number of hydrogen-bond acceptors (Lipinski definition) is 3. The molecular formula is C23H21N3O2. The molecule has 5 nitrogen and oxygen atoms in total. The molecule has 2 aromatic carbocycles. The summed E-state index contributed by atoms with van der Waals surface area (Å²) in [6.07, 6.45) is 2.84. The smallest absolute Gasteiger partial charge is 0.256 e. The van der Waals surface area contributed by atoms with E-state index in [0.29, 0.717) is 17.1 Å².